The van der Waals surface area contributed by atoms with E-state index in [1.54, 1.807) is 12.1 Å². The summed E-state index contributed by atoms with van der Waals surface area (Å²) in [6.07, 6.45) is 1.47. The molecule has 0 bridgehead atoms. The summed E-state index contributed by atoms with van der Waals surface area (Å²) < 4.78 is 0. The summed E-state index contributed by atoms with van der Waals surface area (Å²) in [5, 5.41) is 3.75. The Hall–Kier alpha value is -1.39. The van der Waals surface area contributed by atoms with E-state index in [0.29, 0.717) is 16.8 Å². The fourth-order valence-electron chi connectivity index (χ4n) is 1.10. The Morgan fingerprint density at radius 2 is 1.81 bits per heavy atom. The Bertz CT molecular complexity index is 459. The van der Waals surface area contributed by atoms with Gasteiger partial charge in [-0.1, -0.05) is 11.6 Å². The lowest BCUT2D eigenvalue weighted by Gasteiger charge is -2.03. The van der Waals surface area contributed by atoms with Gasteiger partial charge in [-0.2, -0.15) is 4.98 Å². The number of rotatable bonds is 2. The predicted octanol–water partition coefficient (Wildman–Crippen LogP) is 3.00. The van der Waals surface area contributed by atoms with Crippen LogP contribution in [0.5, 0.6) is 0 Å². The van der Waals surface area contributed by atoms with Crippen LogP contribution in [-0.2, 0) is 0 Å². The molecule has 0 amide bonds. The van der Waals surface area contributed by atoms with Gasteiger partial charge < -0.3 is 5.32 Å². The Labute approximate surface area is 105 Å². The summed E-state index contributed by atoms with van der Waals surface area (Å²) in [7, 11) is 0. The minimum atomic E-state index is 0. The molecule has 0 saturated heterocycles. The number of hydrogen-bond acceptors (Lipinski definition) is 4. The van der Waals surface area contributed by atoms with E-state index in [4.69, 9.17) is 11.6 Å². The van der Waals surface area contributed by atoms with Crippen LogP contribution in [0.15, 0.2) is 30.6 Å². The number of anilines is 2. The molecule has 0 aliphatic carbocycles. The molecular weight excluding hydrogens is 247 g/mol. The number of hydrogen-bond donors (Lipinski definition) is 1. The zero-order valence-corrected chi connectivity index (χ0v) is 10.1. The highest BCUT2D eigenvalue weighted by atomic mass is 35.5. The lowest BCUT2D eigenvalue weighted by Crippen LogP contribution is -1.99. The zero-order valence-electron chi connectivity index (χ0n) is 8.51. The fourth-order valence-corrected chi connectivity index (χ4v) is 1.23. The largest absolute Gasteiger partial charge is 0.324 e. The van der Waals surface area contributed by atoms with Gasteiger partial charge in [-0.25, -0.2) is 9.97 Å². The maximum Gasteiger partial charge on any atom is 0.230 e. The number of aromatic nitrogens is 3. The first-order chi connectivity index (χ1) is 7.24. The Morgan fingerprint density at radius 3 is 2.44 bits per heavy atom. The first kappa shape index (κ1) is 12.7. The van der Waals surface area contributed by atoms with E-state index in [0.717, 1.165) is 5.69 Å². The van der Waals surface area contributed by atoms with Crippen molar-refractivity contribution in [2.24, 2.45) is 0 Å². The molecule has 0 spiro atoms. The number of aryl methyl sites for hydroxylation is 1. The van der Waals surface area contributed by atoms with E-state index in [2.05, 4.69) is 20.3 Å². The second kappa shape index (κ2) is 5.63. The van der Waals surface area contributed by atoms with Crippen LogP contribution in [0, 0.1) is 6.92 Å². The van der Waals surface area contributed by atoms with Crippen molar-refractivity contribution in [3.05, 3.63) is 41.4 Å². The molecule has 0 saturated carbocycles. The van der Waals surface area contributed by atoms with Gasteiger partial charge in [0.25, 0.3) is 0 Å². The number of benzene rings is 1. The summed E-state index contributed by atoms with van der Waals surface area (Å²) in [6.45, 7) is 1.81. The first-order valence-corrected chi connectivity index (χ1v) is 4.80. The van der Waals surface area contributed by atoms with Gasteiger partial charge in [0.05, 0.1) is 0 Å². The monoisotopic (exact) mass is 256 g/mol. The van der Waals surface area contributed by atoms with Crippen molar-refractivity contribution in [1.29, 1.82) is 0 Å². The number of nitrogens with one attached hydrogen (secondary N) is 1. The topological polar surface area (TPSA) is 50.7 Å². The molecule has 2 aromatic rings. The maximum absolute atomic E-state index is 5.77. The van der Waals surface area contributed by atoms with Gasteiger partial charge in [-0.3, -0.25) is 0 Å². The average Bonchev–Trinajstić information content (AvgIpc) is 2.22. The molecule has 0 radical (unpaired) electrons. The molecule has 0 aliphatic rings. The van der Waals surface area contributed by atoms with Gasteiger partial charge in [0.1, 0.15) is 12.2 Å². The third-order valence-corrected chi connectivity index (χ3v) is 2.04. The quantitative estimate of drug-likeness (QED) is 0.898. The molecule has 1 N–H and O–H groups in total. The third-order valence-electron chi connectivity index (χ3n) is 1.79. The van der Waals surface area contributed by atoms with Crippen LogP contribution in [0.1, 0.15) is 5.82 Å². The second-order valence-corrected chi connectivity index (χ2v) is 3.42. The van der Waals surface area contributed by atoms with Gasteiger partial charge in [-0.05, 0) is 31.2 Å². The minimum Gasteiger partial charge on any atom is -0.324 e. The SMILES string of the molecule is Cc1ncnc(Nc2ccc(Cl)cc2)n1.Cl. The van der Waals surface area contributed by atoms with Gasteiger partial charge >= 0.3 is 0 Å². The van der Waals surface area contributed by atoms with Crippen LogP contribution in [0.25, 0.3) is 0 Å². The van der Waals surface area contributed by atoms with Crippen molar-refractivity contribution < 1.29 is 0 Å². The molecule has 1 heterocycles. The number of nitrogens with zero attached hydrogens (tertiary/aromatic N) is 3. The Morgan fingerprint density at radius 1 is 1.12 bits per heavy atom. The van der Waals surface area contributed by atoms with Gasteiger partial charge in [-0.15, -0.1) is 12.4 Å². The van der Waals surface area contributed by atoms with Crippen LogP contribution in [0.2, 0.25) is 5.02 Å². The molecular formula is C10H10Cl2N4. The van der Waals surface area contributed by atoms with E-state index in [1.807, 2.05) is 19.1 Å². The highest BCUT2D eigenvalue weighted by molar-refractivity contribution is 6.30. The molecule has 4 nitrogen and oxygen atoms in total. The van der Waals surface area contributed by atoms with Gasteiger partial charge in [0.15, 0.2) is 0 Å². The van der Waals surface area contributed by atoms with Crippen molar-refractivity contribution >= 4 is 35.6 Å². The van der Waals surface area contributed by atoms with Crippen molar-refractivity contribution in [2.45, 2.75) is 6.92 Å². The van der Waals surface area contributed by atoms with E-state index in [1.165, 1.54) is 6.33 Å². The maximum atomic E-state index is 5.77. The molecule has 2 rings (SSSR count). The fraction of sp³-hybridized carbons (Fsp3) is 0.100. The molecule has 1 aromatic heterocycles. The molecule has 16 heavy (non-hydrogen) atoms. The minimum absolute atomic E-state index is 0. The van der Waals surface area contributed by atoms with E-state index < -0.39 is 0 Å². The highest BCUT2D eigenvalue weighted by Crippen LogP contribution is 2.15. The molecule has 0 atom stereocenters. The summed E-state index contributed by atoms with van der Waals surface area (Å²) in [6, 6.07) is 7.33. The van der Waals surface area contributed by atoms with E-state index in [-0.39, 0.29) is 12.4 Å². The Kier molecular flexibility index (Phi) is 4.46. The van der Waals surface area contributed by atoms with Crippen molar-refractivity contribution in [2.75, 3.05) is 5.32 Å². The normalized spacial score (nSPS) is 9.38. The molecule has 0 aliphatic heterocycles. The van der Waals surface area contributed by atoms with Crippen LogP contribution in [-0.4, -0.2) is 15.0 Å². The standard InChI is InChI=1S/C10H9ClN4.ClH/c1-7-12-6-13-10(14-7)15-9-4-2-8(11)3-5-9;/h2-6H,1H3,(H,12,13,14,15);1H. The Balaban J connectivity index is 0.00000128. The zero-order chi connectivity index (χ0) is 10.7. The van der Waals surface area contributed by atoms with Gasteiger partial charge in [0, 0.05) is 10.7 Å². The van der Waals surface area contributed by atoms with E-state index in [9.17, 15) is 0 Å². The molecule has 6 heteroatoms. The number of halogens is 2. The first-order valence-electron chi connectivity index (χ1n) is 4.42. The molecule has 0 fully saturated rings. The third kappa shape index (κ3) is 3.32. The van der Waals surface area contributed by atoms with Crippen molar-refractivity contribution in [3.63, 3.8) is 0 Å². The summed E-state index contributed by atoms with van der Waals surface area (Å²) in [5.74, 6) is 1.21. The van der Waals surface area contributed by atoms with Crippen LogP contribution in [0.3, 0.4) is 0 Å². The van der Waals surface area contributed by atoms with Crippen molar-refractivity contribution in [3.8, 4) is 0 Å². The average molecular weight is 257 g/mol. The van der Waals surface area contributed by atoms with Crippen LogP contribution in [0.4, 0.5) is 11.6 Å². The van der Waals surface area contributed by atoms with Crippen LogP contribution < -0.4 is 5.32 Å². The predicted molar refractivity (Wildman–Crippen MR) is 66.5 cm³/mol. The molecule has 0 unspecified atom stereocenters. The lowest BCUT2D eigenvalue weighted by atomic mass is 10.3. The van der Waals surface area contributed by atoms with E-state index >= 15 is 0 Å². The van der Waals surface area contributed by atoms with Gasteiger partial charge in [0.2, 0.25) is 5.95 Å². The summed E-state index contributed by atoms with van der Waals surface area (Å²) in [4.78, 5) is 12.0. The summed E-state index contributed by atoms with van der Waals surface area (Å²) in [5.41, 5.74) is 0.894. The highest BCUT2D eigenvalue weighted by Gasteiger charge is 1.97. The summed E-state index contributed by atoms with van der Waals surface area (Å²) >= 11 is 5.77. The molecule has 1 aromatic carbocycles. The van der Waals surface area contributed by atoms with Crippen LogP contribution >= 0.6 is 24.0 Å². The van der Waals surface area contributed by atoms with Crippen molar-refractivity contribution in [1.82, 2.24) is 15.0 Å². The molecule has 84 valence electrons. The second-order valence-electron chi connectivity index (χ2n) is 2.99. The smallest absolute Gasteiger partial charge is 0.230 e. The lowest BCUT2D eigenvalue weighted by molar-refractivity contribution is 0.982.